The summed E-state index contributed by atoms with van der Waals surface area (Å²) in [6.45, 7) is 3.09. The Labute approximate surface area is 416 Å². The van der Waals surface area contributed by atoms with Crippen LogP contribution in [0.3, 0.4) is 0 Å². The molecule has 27 nitrogen and oxygen atoms in total. The number of phosphoric ester groups is 2. The number of nitrogen functional groups attached to an aromatic ring is 1. The van der Waals surface area contributed by atoms with Crippen LogP contribution in [-0.2, 0) is 62.7 Å². The number of urea groups is 1. The van der Waals surface area contributed by atoms with Crippen molar-refractivity contribution in [2.45, 2.75) is 93.2 Å². The molecule has 1 aromatic heterocycles. The normalized spacial score (nSPS) is 22.1. The van der Waals surface area contributed by atoms with Crippen LogP contribution in [0.5, 0.6) is 0 Å². The summed E-state index contributed by atoms with van der Waals surface area (Å²) in [6, 6.07) is 0.322. The average Bonchev–Trinajstić information content (AvgIpc) is 3.95. The van der Waals surface area contributed by atoms with Crippen LogP contribution < -0.4 is 38.0 Å². The first-order valence-corrected chi connectivity index (χ1v) is 29.2. The smallest absolute Gasteiger partial charge is 0.386 e. The summed E-state index contributed by atoms with van der Waals surface area (Å²) in [5.74, 6) is 1.60. The van der Waals surface area contributed by atoms with Gasteiger partial charge in [0.25, 0.3) is 0 Å². The number of carbonyl (C=O) groups is 4. The van der Waals surface area contributed by atoms with Crippen LogP contribution >= 0.6 is 49.0 Å². The highest BCUT2D eigenvalue weighted by Crippen LogP contribution is 2.45. The van der Waals surface area contributed by atoms with Crippen molar-refractivity contribution in [1.29, 1.82) is 0 Å². The first kappa shape index (κ1) is 59.9. The van der Waals surface area contributed by atoms with Crippen LogP contribution in [0.1, 0.15) is 56.7 Å². The number of aliphatic hydroxyl groups excluding tert-OH is 1. The molecule has 5 amide bonds. The number of ether oxygens (including phenoxy) is 5. The number of nitrogens with one attached hydrogen (secondary N) is 5. The third-order valence-electron chi connectivity index (χ3n) is 10.5. The third kappa shape index (κ3) is 23.5. The minimum absolute atomic E-state index is 0.00393. The number of fused-ring (bicyclic) bond motifs is 1. The predicted octanol–water partition coefficient (Wildman–Crippen LogP) is -1.09. The minimum atomic E-state index is -5.24. The number of unbranched alkanes of at least 4 members (excludes halogenated alkanes) is 1. The van der Waals surface area contributed by atoms with Gasteiger partial charge in [-0.25, -0.2) is 18.7 Å². The molecule has 0 spiro atoms. The molecular formula is C38H66N8O19P2S3. The molecule has 3 aliphatic rings. The van der Waals surface area contributed by atoms with E-state index in [1.54, 1.807) is 0 Å². The van der Waals surface area contributed by atoms with E-state index in [0.29, 0.717) is 94.5 Å². The number of anilines is 1. The number of rotatable bonds is 37. The van der Waals surface area contributed by atoms with Crippen molar-refractivity contribution >= 4 is 78.6 Å². The zero-order chi connectivity index (χ0) is 50.9. The third-order valence-corrected chi connectivity index (χ3v) is 15.4. The van der Waals surface area contributed by atoms with E-state index in [0.717, 1.165) is 29.6 Å². The second-order valence-corrected chi connectivity index (χ2v) is 22.3. The Bertz CT molecular complexity index is 1960. The SMILES string of the molecule is Nc1nc(=O)n([C@@H]2O[C@H](COP(=O)(O)O)[C@H](OP(=O)(O)O)[C@@H]2O)cc1CCCNC(=O)CCSSCCNC(=O)CCOCCOCCOCCOCCNC(=O)CCCC[C@@H]1SC[C@@H]2NC(=O)N[C@@H]21. The van der Waals surface area contributed by atoms with Gasteiger partial charge < -0.3 is 80.7 Å². The molecule has 3 aliphatic heterocycles. The van der Waals surface area contributed by atoms with Gasteiger partial charge in [-0.1, -0.05) is 28.0 Å². The topological polar surface area (TPSA) is 389 Å². The van der Waals surface area contributed by atoms with Gasteiger partial charge in [-0.15, -0.1) is 0 Å². The van der Waals surface area contributed by atoms with Gasteiger partial charge in [0.15, 0.2) is 6.23 Å². The van der Waals surface area contributed by atoms with Gasteiger partial charge >= 0.3 is 27.4 Å². The summed E-state index contributed by atoms with van der Waals surface area (Å²) in [5, 5.41) is 25.6. The number of aryl methyl sites for hydroxylation is 1. The summed E-state index contributed by atoms with van der Waals surface area (Å²) in [5.41, 5.74) is 5.23. The summed E-state index contributed by atoms with van der Waals surface area (Å²) in [6.07, 6.45) is -1.62. The van der Waals surface area contributed by atoms with Gasteiger partial charge in [0.05, 0.1) is 71.5 Å². The van der Waals surface area contributed by atoms with Crippen LogP contribution in [0, 0.1) is 0 Å². The maximum absolute atomic E-state index is 12.7. The molecule has 12 N–H and O–H groups in total. The van der Waals surface area contributed by atoms with Gasteiger partial charge in [-0.3, -0.25) is 28.0 Å². The maximum Gasteiger partial charge on any atom is 0.470 e. The number of thioether (sulfide) groups is 1. The molecule has 0 aromatic carbocycles. The number of aromatic nitrogens is 2. The van der Waals surface area contributed by atoms with Crippen LogP contribution in [0.2, 0.25) is 0 Å². The highest BCUT2D eigenvalue weighted by molar-refractivity contribution is 8.76. The van der Waals surface area contributed by atoms with Crippen molar-refractivity contribution in [1.82, 2.24) is 36.1 Å². The number of hydrogen-bond donors (Lipinski definition) is 11. The quantitative estimate of drug-likeness (QED) is 0.0163. The summed E-state index contributed by atoms with van der Waals surface area (Å²) >= 11 is 1.88. The molecular weight excluding hydrogens is 1030 g/mol. The van der Waals surface area contributed by atoms with E-state index in [1.165, 1.54) is 27.8 Å². The van der Waals surface area contributed by atoms with Crippen LogP contribution in [0.25, 0.3) is 0 Å². The molecule has 32 heteroatoms. The Morgan fingerprint density at radius 1 is 0.814 bits per heavy atom. The monoisotopic (exact) mass is 1100 g/mol. The molecule has 7 atom stereocenters. The Kier molecular flexibility index (Phi) is 27.3. The predicted molar refractivity (Wildman–Crippen MR) is 256 cm³/mol. The van der Waals surface area contributed by atoms with E-state index in [2.05, 4.69) is 40.6 Å². The molecule has 70 heavy (non-hydrogen) atoms. The first-order chi connectivity index (χ1) is 33.4. The van der Waals surface area contributed by atoms with E-state index in [9.17, 15) is 48.0 Å². The summed E-state index contributed by atoms with van der Waals surface area (Å²) in [7, 11) is -7.31. The number of nitrogens with zero attached hydrogens (tertiary/aromatic N) is 2. The molecule has 0 radical (unpaired) electrons. The largest absolute Gasteiger partial charge is 0.470 e. The summed E-state index contributed by atoms with van der Waals surface area (Å²) < 4.78 is 59.8. The Morgan fingerprint density at radius 2 is 1.44 bits per heavy atom. The second kappa shape index (κ2) is 31.9. The molecule has 4 rings (SSSR count). The lowest BCUT2D eigenvalue weighted by atomic mass is 10.0. The molecule has 3 fully saturated rings. The number of aliphatic hydroxyl groups is 1. The molecule has 4 heterocycles. The fourth-order valence-corrected chi connectivity index (χ4v) is 11.5. The lowest BCUT2D eigenvalue weighted by Crippen LogP contribution is -2.38. The molecule has 400 valence electrons. The zero-order valence-electron chi connectivity index (χ0n) is 38.4. The van der Waals surface area contributed by atoms with Gasteiger partial charge in [-0.05, 0) is 25.7 Å². The Morgan fingerprint density at radius 3 is 2.14 bits per heavy atom. The van der Waals surface area contributed by atoms with Crippen molar-refractivity contribution in [3.8, 4) is 0 Å². The lowest BCUT2D eigenvalue weighted by molar-refractivity contribution is -0.122. The van der Waals surface area contributed by atoms with Crippen molar-refractivity contribution in [2.24, 2.45) is 0 Å². The molecule has 3 saturated heterocycles. The van der Waals surface area contributed by atoms with Crippen molar-refractivity contribution in [3.05, 3.63) is 22.2 Å². The molecule has 1 aromatic rings. The fraction of sp³-hybridized carbons (Fsp3) is 0.789. The van der Waals surface area contributed by atoms with Crippen molar-refractivity contribution in [2.75, 3.05) is 102 Å². The number of amides is 5. The van der Waals surface area contributed by atoms with Gasteiger partial charge in [-0.2, -0.15) is 16.7 Å². The van der Waals surface area contributed by atoms with E-state index in [4.69, 9.17) is 39.2 Å². The van der Waals surface area contributed by atoms with Gasteiger partial charge in [0.1, 0.15) is 24.1 Å². The Balaban J connectivity index is 0.900. The zero-order valence-corrected chi connectivity index (χ0v) is 42.7. The van der Waals surface area contributed by atoms with Crippen LogP contribution in [-0.4, -0.2) is 190 Å². The average molecular weight is 1100 g/mol. The molecule has 0 saturated carbocycles. The highest BCUT2D eigenvalue weighted by atomic mass is 33.1. The number of nitrogens with two attached hydrogens (primary N) is 1. The fourth-order valence-electron chi connectivity index (χ4n) is 7.16. The van der Waals surface area contributed by atoms with E-state index < -0.39 is 52.5 Å². The van der Waals surface area contributed by atoms with Crippen molar-refractivity contribution in [3.63, 3.8) is 0 Å². The van der Waals surface area contributed by atoms with Gasteiger partial charge in [0, 0.05) is 73.2 Å². The van der Waals surface area contributed by atoms with Crippen LogP contribution in [0.4, 0.5) is 10.6 Å². The number of carbonyl (C=O) groups excluding carboxylic acids is 4. The van der Waals surface area contributed by atoms with E-state index in [1.807, 2.05) is 11.8 Å². The van der Waals surface area contributed by atoms with E-state index in [-0.39, 0.29) is 74.1 Å². The lowest BCUT2D eigenvalue weighted by Gasteiger charge is -2.21. The Hall–Kier alpha value is -2.61. The standard InChI is InChI=1S/C38H66N8O19P2S3/c39-35-25(22-46(38(52)45-35)36-33(50)34(65-67(56,57)58)27(64-36)23-63-66(53,54)55)4-3-9-40-31(49)8-20-69-70-21-11-42-30(48)7-12-59-14-16-61-18-19-62-17-15-60-13-10-41-29(47)6-2-1-5-28-32-26(24-68-28)43-37(51)44-32/h22,26-28,32-34,36,50H,1-21,23-24H2,(H,40,49)(H,41,47)(H,42,48)(H2,39,45,52)(H2,43,44,51)(H2,53,54,55)(H2,56,57,58)/t26-,27+,28-,32-,33-,34-,36+/m0/s1. The highest BCUT2D eigenvalue weighted by Gasteiger charge is 2.49. The maximum atomic E-state index is 12.7. The van der Waals surface area contributed by atoms with E-state index >= 15 is 0 Å². The van der Waals surface area contributed by atoms with Crippen molar-refractivity contribution < 1.29 is 85.7 Å². The molecule has 0 bridgehead atoms. The molecule has 0 aliphatic carbocycles. The number of phosphoric acid groups is 2. The second-order valence-electron chi connectivity index (χ2n) is 15.9. The van der Waals surface area contributed by atoms with Crippen LogP contribution in [0.15, 0.2) is 11.0 Å². The number of hydrogen-bond acceptors (Lipinski definition) is 20. The first-order valence-electron chi connectivity index (χ1n) is 22.6. The minimum Gasteiger partial charge on any atom is -0.386 e. The van der Waals surface area contributed by atoms with Gasteiger partial charge in [0.2, 0.25) is 17.7 Å². The molecule has 0 unspecified atom stereocenters. The summed E-state index contributed by atoms with van der Waals surface area (Å²) in [4.78, 5) is 101.